The number of benzene rings is 3. The Bertz CT molecular complexity index is 1210. The number of hydrogen-bond donors (Lipinski definition) is 1. The predicted molar refractivity (Wildman–Crippen MR) is 140 cm³/mol. The van der Waals surface area contributed by atoms with E-state index >= 15 is 0 Å². The van der Waals surface area contributed by atoms with Crippen LogP contribution >= 0.6 is 23.2 Å². The number of rotatable bonds is 9. The molecule has 188 valence electrons. The van der Waals surface area contributed by atoms with Crippen LogP contribution in [0.15, 0.2) is 60.7 Å². The normalized spacial score (nSPS) is 14.4. The molecule has 1 unspecified atom stereocenters. The predicted octanol–water partition coefficient (Wildman–Crippen LogP) is 6.58. The number of nitrogens with one attached hydrogen (secondary N) is 1. The summed E-state index contributed by atoms with van der Waals surface area (Å²) in [5.41, 5.74) is 2.41. The van der Waals surface area contributed by atoms with Crippen molar-refractivity contribution < 1.29 is 23.8 Å². The Morgan fingerprint density at radius 3 is 2.53 bits per heavy atom. The van der Waals surface area contributed by atoms with E-state index in [0.717, 1.165) is 12.8 Å². The van der Waals surface area contributed by atoms with Crippen LogP contribution in [0.3, 0.4) is 0 Å². The number of carbonyl (C=O) groups excluding carboxylic acids is 2. The summed E-state index contributed by atoms with van der Waals surface area (Å²) >= 11 is 12.4. The molecule has 4 rings (SSSR count). The molecule has 0 aliphatic carbocycles. The first-order chi connectivity index (χ1) is 17.4. The molecular formula is C28H27Cl2NO5. The third-order valence-corrected chi connectivity index (χ3v) is 6.41. The average molecular weight is 528 g/mol. The number of esters is 1. The molecular weight excluding hydrogens is 501 g/mol. The van der Waals surface area contributed by atoms with Crippen LogP contribution in [0.1, 0.15) is 47.2 Å². The minimum Gasteiger partial charge on any atom is -0.493 e. The van der Waals surface area contributed by atoms with Crippen LogP contribution in [-0.4, -0.2) is 31.6 Å². The van der Waals surface area contributed by atoms with Crippen LogP contribution in [0.4, 0.5) is 0 Å². The van der Waals surface area contributed by atoms with Gasteiger partial charge >= 0.3 is 5.97 Å². The quantitative estimate of drug-likeness (QED) is 0.251. The minimum absolute atomic E-state index is 0.150. The van der Waals surface area contributed by atoms with E-state index < -0.39 is 5.92 Å². The van der Waals surface area contributed by atoms with Gasteiger partial charge in [-0.05, 0) is 74.2 Å². The van der Waals surface area contributed by atoms with Gasteiger partial charge in [-0.15, -0.1) is 0 Å². The molecule has 0 saturated heterocycles. The van der Waals surface area contributed by atoms with Crippen molar-refractivity contribution in [3.63, 3.8) is 0 Å². The van der Waals surface area contributed by atoms with Crippen molar-refractivity contribution in [2.75, 3.05) is 19.8 Å². The van der Waals surface area contributed by atoms with E-state index in [4.69, 9.17) is 37.4 Å². The summed E-state index contributed by atoms with van der Waals surface area (Å²) in [6.07, 6.45) is 2.22. The van der Waals surface area contributed by atoms with Crippen molar-refractivity contribution in [3.05, 3.63) is 87.4 Å². The lowest BCUT2D eigenvalue weighted by atomic mass is 9.93. The van der Waals surface area contributed by atoms with E-state index in [1.165, 1.54) is 5.56 Å². The summed E-state index contributed by atoms with van der Waals surface area (Å²) in [6.45, 7) is 3.07. The molecule has 0 aromatic heterocycles. The van der Waals surface area contributed by atoms with Crippen molar-refractivity contribution in [1.29, 1.82) is 0 Å². The molecule has 1 N–H and O–H groups in total. The van der Waals surface area contributed by atoms with Crippen LogP contribution in [0, 0.1) is 0 Å². The van der Waals surface area contributed by atoms with Crippen molar-refractivity contribution >= 4 is 35.1 Å². The molecule has 8 heteroatoms. The second kappa shape index (κ2) is 12.2. The molecule has 6 nitrogen and oxygen atoms in total. The van der Waals surface area contributed by atoms with Gasteiger partial charge in [-0.25, -0.2) is 0 Å². The molecule has 1 aliphatic heterocycles. The SMILES string of the molecule is CCOC(=O)C1CCOc2cc(Oc3ccc(C(=O)NCCCc4ccc(Cl)cc4)cc3)c(Cl)cc21. The van der Waals surface area contributed by atoms with Gasteiger partial charge in [-0.1, -0.05) is 35.3 Å². The second-order valence-corrected chi connectivity index (χ2v) is 9.22. The first kappa shape index (κ1) is 25.9. The Hall–Kier alpha value is -3.22. The molecule has 0 spiro atoms. The topological polar surface area (TPSA) is 73.9 Å². The summed E-state index contributed by atoms with van der Waals surface area (Å²) in [7, 11) is 0. The van der Waals surface area contributed by atoms with E-state index in [1.807, 2.05) is 24.3 Å². The maximum Gasteiger partial charge on any atom is 0.313 e. The third kappa shape index (κ3) is 6.50. The highest BCUT2D eigenvalue weighted by Gasteiger charge is 2.30. The van der Waals surface area contributed by atoms with Crippen molar-refractivity contribution in [1.82, 2.24) is 5.32 Å². The molecule has 1 aliphatic rings. The van der Waals surface area contributed by atoms with Gasteiger partial charge in [-0.3, -0.25) is 9.59 Å². The summed E-state index contributed by atoms with van der Waals surface area (Å²) in [5.74, 6) is 0.624. The van der Waals surface area contributed by atoms with Crippen LogP contribution in [0.5, 0.6) is 17.2 Å². The molecule has 0 bridgehead atoms. The number of hydrogen-bond acceptors (Lipinski definition) is 5. The number of ether oxygens (including phenoxy) is 3. The van der Waals surface area contributed by atoms with E-state index in [9.17, 15) is 9.59 Å². The highest BCUT2D eigenvalue weighted by molar-refractivity contribution is 6.32. The van der Waals surface area contributed by atoms with Crippen LogP contribution in [0.2, 0.25) is 10.0 Å². The van der Waals surface area contributed by atoms with E-state index in [-0.39, 0.29) is 11.9 Å². The molecule has 1 heterocycles. The van der Waals surface area contributed by atoms with E-state index in [0.29, 0.717) is 64.6 Å². The standard InChI is InChI=1S/C28H27Cl2NO5/c1-2-34-28(33)22-13-15-35-25-17-26(24(30)16-23(22)25)36-21-11-7-19(8-12-21)27(32)31-14-3-4-18-5-9-20(29)10-6-18/h5-12,16-17,22H,2-4,13-15H2,1H3,(H,31,32). The first-order valence-electron chi connectivity index (χ1n) is 11.9. The number of halogens is 2. The zero-order chi connectivity index (χ0) is 25.5. The maximum atomic E-state index is 12.5. The van der Waals surface area contributed by atoms with E-state index in [2.05, 4.69) is 5.32 Å². The fourth-order valence-electron chi connectivity index (χ4n) is 4.00. The second-order valence-electron chi connectivity index (χ2n) is 8.37. The highest BCUT2D eigenvalue weighted by atomic mass is 35.5. The fourth-order valence-corrected chi connectivity index (χ4v) is 4.34. The lowest BCUT2D eigenvalue weighted by molar-refractivity contribution is -0.145. The van der Waals surface area contributed by atoms with Crippen molar-refractivity contribution in [2.24, 2.45) is 0 Å². The maximum absolute atomic E-state index is 12.5. The third-order valence-electron chi connectivity index (χ3n) is 5.86. The van der Waals surface area contributed by atoms with Gasteiger partial charge in [-0.2, -0.15) is 0 Å². The van der Waals surface area contributed by atoms with Gasteiger partial charge in [0.1, 0.15) is 17.2 Å². The number of fused-ring (bicyclic) bond motifs is 1. The highest BCUT2D eigenvalue weighted by Crippen LogP contribution is 2.42. The Kier molecular flexibility index (Phi) is 8.73. The molecule has 3 aromatic carbocycles. The van der Waals surface area contributed by atoms with Gasteiger partial charge in [0.15, 0.2) is 0 Å². The Balaban J connectivity index is 1.33. The minimum atomic E-state index is -0.413. The Labute approximate surface area is 220 Å². The molecule has 36 heavy (non-hydrogen) atoms. The molecule has 0 saturated carbocycles. The van der Waals surface area contributed by atoms with Crippen molar-refractivity contribution in [3.8, 4) is 17.2 Å². The van der Waals surface area contributed by atoms with Crippen LogP contribution in [-0.2, 0) is 16.0 Å². The lowest BCUT2D eigenvalue weighted by Gasteiger charge is -2.25. The molecule has 3 aromatic rings. The smallest absolute Gasteiger partial charge is 0.313 e. The van der Waals surface area contributed by atoms with Crippen molar-refractivity contribution in [2.45, 2.75) is 32.1 Å². The van der Waals surface area contributed by atoms with Gasteiger partial charge in [0, 0.05) is 28.8 Å². The van der Waals surface area contributed by atoms with Gasteiger partial charge < -0.3 is 19.5 Å². The Morgan fingerprint density at radius 2 is 1.81 bits per heavy atom. The van der Waals surface area contributed by atoms with Gasteiger partial charge in [0.25, 0.3) is 5.91 Å². The number of carbonyl (C=O) groups is 2. The van der Waals surface area contributed by atoms with E-state index in [1.54, 1.807) is 43.3 Å². The summed E-state index contributed by atoms with van der Waals surface area (Å²) < 4.78 is 16.9. The fraction of sp³-hybridized carbons (Fsp3) is 0.286. The molecule has 0 fully saturated rings. The Morgan fingerprint density at radius 1 is 1.06 bits per heavy atom. The molecule has 1 amide bonds. The van der Waals surface area contributed by atoms with Gasteiger partial charge in [0.05, 0.1) is 24.2 Å². The summed E-state index contributed by atoms with van der Waals surface area (Å²) in [4.78, 5) is 24.8. The largest absolute Gasteiger partial charge is 0.493 e. The zero-order valence-corrected chi connectivity index (χ0v) is 21.4. The summed E-state index contributed by atoms with van der Waals surface area (Å²) in [6, 6.07) is 17.9. The number of aryl methyl sites for hydroxylation is 1. The number of amides is 1. The average Bonchev–Trinajstić information content (AvgIpc) is 2.88. The van der Waals surface area contributed by atoms with Crippen LogP contribution < -0.4 is 14.8 Å². The lowest BCUT2D eigenvalue weighted by Crippen LogP contribution is -2.24. The zero-order valence-electron chi connectivity index (χ0n) is 19.9. The first-order valence-corrected chi connectivity index (χ1v) is 12.6. The summed E-state index contributed by atoms with van der Waals surface area (Å²) in [5, 5.41) is 4.00. The molecule has 1 atom stereocenters. The van der Waals surface area contributed by atoms with Gasteiger partial charge in [0.2, 0.25) is 0 Å². The van der Waals surface area contributed by atoms with Crippen LogP contribution in [0.25, 0.3) is 0 Å². The monoisotopic (exact) mass is 527 g/mol. The molecule has 0 radical (unpaired) electrons.